The van der Waals surface area contributed by atoms with E-state index in [0.29, 0.717) is 72.4 Å². The molecule has 8 rings (SSSR count). The number of esters is 4. The zero-order valence-corrected chi connectivity index (χ0v) is 26.9. The van der Waals surface area contributed by atoms with E-state index in [9.17, 15) is 19.2 Å². The summed E-state index contributed by atoms with van der Waals surface area (Å²) in [5.74, 6) is 2.70. The van der Waals surface area contributed by atoms with Crippen molar-refractivity contribution in [3.8, 4) is 0 Å². The Hall–Kier alpha value is -1.96. The maximum atomic E-state index is 13.6. The molecule has 17 atom stereocenters. The molecule has 2 saturated heterocycles. The van der Waals surface area contributed by atoms with Gasteiger partial charge in [-0.1, -0.05) is 73.3 Å². The lowest BCUT2D eigenvalue weighted by Gasteiger charge is -2.50. The number of hydrogen-bond donors (Lipinski definition) is 0. The normalized spacial score (nSPS) is 43.8. The van der Waals surface area contributed by atoms with Gasteiger partial charge in [-0.15, -0.1) is 0 Å². The first kappa shape index (κ1) is 50.0. The monoisotopic (exact) mass is 739 g/mol. The fourth-order valence-corrected chi connectivity index (χ4v) is 12.8. The highest BCUT2D eigenvalue weighted by molar-refractivity contribution is 5.96. The van der Waals surface area contributed by atoms with Crippen LogP contribution in [0, 0.1) is 94.7 Å². The van der Waals surface area contributed by atoms with E-state index in [4.69, 9.17) is 18.9 Å². The van der Waals surface area contributed by atoms with E-state index < -0.39 is 11.5 Å². The van der Waals surface area contributed by atoms with Crippen LogP contribution < -0.4 is 0 Å². The zero-order valence-electron chi connectivity index (χ0n) is 26.9. The van der Waals surface area contributed by atoms with Gasteiger partial charge in [0.1, 0.15) is 18.3 Å². The van der Waals surface area contributed by atoms with Gasteiger partial charge in [0, 0.05) is 0 Å². The highest BCUT2D eigenvalue weighted by atomic mass is 16.6. The largest absolute Gasteiger partial charge is 0.463 e. The van der Waals surface area contributed by atoms with Crippen molar-refractivity contribution in [2.75, 3.05) is 13.2 Å². The van der Waals surface area contributed by atoms with Gasteiger partial charge in [0.25, 0.3) is 0 Å². The number of ether oxygens (including phenoxy) is 4. The van der Waals surface area contributed by atoms with Crippen LogP contribution in [0.25, 0.3) is 0 Å². The molecule has 0 spiro atoms. The van der Waals surface area contributed by atoms with Crippen LogP contribution in [0.15, 0.2) is 0 Å². The van der Waals surface area contributed by atoms with Gasteiger partial charge >= 0.3 is 23.9 Å². The van der Waals surface area contributed by atoms with E-state index in [1.54, 1.807) is 0 Å². The van der Waals surface area contributed by atoms with E-state index in [0.717, 1.165) is 44.9 Å². The lowest BCUT2D eigenvalue weighted by molar-refractivity contribution is -0.165. The highest BCUT2D eigenvalue weighted by Crippen LogP contribution is 2.72. The Morgan fingerprint density at radius 1 is 0.654 bits per heavy atom. The molecule has 0 amide bonds. The summed E-state index contributed by atoms with van der Waals surface area (Å²) in [4.78, 5) is 53.0. The van der Waals surface area contributed by atoms with Gasteiger partial charge in [-0.2, -0.15) is 0 Å². The summed E-state index contributed by atoms with van der Waals surface area (Å²) in [5, 5.41) is 0. The minimum Gasteiger partial charge on any atom is -0.463 e. The molecule has 6 bridgehead atoms. The van der Waals surface area contributed by atoms with Crippen LogP contribution in [0.1, 0.15) is 139 Å². The fourth-order valence-electron chi connectivity index (χ4n) is 12.8. The summed E-state index contributed by atoms with van der Waals surface area (Å²) in [6.07, 6.45) is 7.33. The highest BCUT2D eigenvalue weighted by Gasteiger charge is 2.69. The summed E-state index contributed by atoms with van der Waals surface area (Å²) >= 11 is 0. The standard InChI is InChI=1S/C36H50O8.8CH4/c1-15-19-9-22(25(10-19)34(39)44-36(3,4)5)26(15)30-20-11-23(24(12-20)33(38)42-14-21-13-41-21)31(30)29-18-7-6-17(8-18)28(29)27-16(2)32(37)43-35(27)40;;;;;;;;/h15-31H,6-14H2,1-5H3;8*1H4. The summed E-state index contributed by atoms with van der Waals surface area (Å²) < 4.78 is 22.4. The number of epoxide rings is 1. The van der Waals surface area contributed by atoms with E-state index in [1.165, 1.54) is 0 Å². The SMILES string of the molecule is C.C.C.C.C.C.C.C.CC1C(=O)OC(=O)C1C1C2CCC(C2)C1C1C2CC(CC2C(=O)OCC2CO2)C1C1C(C)C2CC(C(=O)OC(C)(C)C)C1C2. The predicted octanol–water partition coefficient (Wildman–Crippen LogP) is 10.2. The lowest BCUT2D eigenvalue weighted by Crippen LogP contribution is -2.49. The second-order valence-corrected chi connectivity index (χ2v) is 17.3. The van der Waals surface area contributed by atoms with Crippen LogP contribution in [-0.2, 0) is 38.1 Å². The Morgan fingerprint density at radius 3 is 1.71 bits per heavy atom. The molecule has 2 heterocycles. The first-order valence-corrected chi connectivity index (χ1v) is 17.7. The van der Waals surface area contributed by atoms with Crippen molar-refractivity contribution in [3.63, 3.8) is 0 Å². The maximum Gasteiger partial charge on any atom is 0.317 e. The Kier molecular flexibility index (Phi) is 17.0. The van der Waals surface area contributed by atoms with E-state index in [2.05, 4.69) is 6.92 Å². The van der Waals surface area contributed by atoms with Gasteiger partial charge in [0.15, 0.2) is 0 Å². The number of fused-ring (bicyclic) bond motifs is 6. The molecule has 17 unspecified atom stereocenters. The Morgan fingerprint density at radius 2 is 1.17 bits per heavy atom. The Bertz CT molecular complexity index is 1230. The molecule has 6 aliphatic carbocycles. The molecule has 0 aromatic carbocycles. The molecule has 8 heteroatoms. The Balaban J connectivity index is 0.00000325. The fraction of sp³-hybridized carbons (Fsp3) is 0.909. The van der Waals surface area contributed by atoms with Gasteiger partial charge in [-0.3, -0.25) is 19.2 Å². The third-order valence-corrected chi connectivity index (χ3v) is 14.2. The number of hydrogen-bond acceptors (Lipinski definition) is 8. The molecule has 52 heavy (non-hydrogen) atoms. The lowest BCUT2D eigenvalue weighted by atomic mass is 9.54. The van der Waals surface area contributed by atoms with Crippen molar-refractivity contribution in [3.05, 3.63) is 0 Å². The van der Waals surface area contributed by atoms with Crippen LogP contribution >= 0.6 is 0 Å². The van der Waals surface area contributed by atoms with Crippen LogP contribution in [0.5, 0.6) is 0 Å². The number of carbonyl (C=O) groups excluding carboxylic acids is 4. The predicted molar refractivity (Wildman–Crippen MR) is 211 cm³/mol. The molecule has 0 aromatic heterocycles. The number of carbonyl (C=O) groups is 4. The molecule has 0 N–H and O–H groups in total. The van der Waals surface area contributed by atoms with Crippen molar-refractivity contribution in [2.24, 2.45) is 94.7 Å². The Labute approximate surface area is 320 Å². The molecule has 8 nitrogen and oxygen atoms in total. The topological polar surface area (TPSA) is 109 Å². The molecule has 8 fully saturated rings. The van der Waals surface area contributed by atoms with Crippen LogP contribution in [0.2, 0.25) is 0 Å². The molecular weight excluding hydrogens is 656 g/mol. The minimum atomic E-state index is -0.506. The van der Waals surface area contributed by atoms with Crippen molar-refractivity contribution in [1.29, 1.82) is 0 Å². The van der Waals surface area contributed by atoms with Crippen LogP contribution in [-0.4, -0.2) is 48.8 Å². The molecule has 306 valence electrons. The molecule has 8 aliphatic rings. The molecule has 6 saturated carbocycles. The van der Waals surface area contributed by atoms with Crippen LogP contribution in [0.3, 0.4) is 0 Å². The van der Waals surface area contributed by atoms with E-state index in [-0.39, 0.29) is 119 Å². The second-order valence-electron chi connectivity index (χ2n) is 17.3. The quantitative estimate of drug-likeness (QED) is 0.110. The number of cyclic esters (lactones) is 2. The first-order valence-electron chi connectivity index (χ1n) is 17.7. The van der Waals surface area contributed by atoms with Gasteiger partial charge in [-0.05, 0) is 137 Å². The third kappa shape index (κ3) is 7.89. The molecule has 0 aromatic rings. The summed E-state index contributed by atoms with van der Waals surface area (Å²) in [6.45, 7) is 11.2. The van der Waals surface area contributed by atoms with Crippen molar-refractivity contribution >= 4 is 23.9 Å². The first-order chi connectivity index (χ1) is 20.9. The zero-order chi connectivity index (χ0) is 30.8. The summed E-state index contributed by atoms with van der Waals surface area (Å²) in [7, 11) is 0. The summed E-state index contributed by atoms with van der Waals surface area (Å²) in [5.41, 5.74) is -0.506. The molecular formula is C44H82O8. The smallest absolute Gasteiger partial charge is 0.317 e. The molecule has 0 radical (unpaired) electrons. The van der Waals surface area contributed by atoms with Gasteiger partial charge in [0.2, 0.25) is 0 Å². The molecule has 2 aliphatic heterocycles. The summed E-state index contributed by atoms with van der Waals surface area (Å²) in [6, 6.07) is 0. The van der Waals surface area contributed by atoms with E-state index in [1.807, 2.05) is 27.7 Å². The maximum absolute atomic E-state index is 13.6. The number of rotatable bonds is 7. The third-order valence-electron chi connectivity index (χ3n) is 14.2. The van der Waals surface area contributed by atoms with Crippen molar-refractivity contribution in [2.45, 2.75) is 151 Å². The van der Waals surface area contributed by atoms with Crippen molar-refractivity contribution < 1.29 is 38.1 Å². The van der Waals surface area contributed by atoms with Crippen LogP contribution in [0.4, 0.5) is 0 Å². The average molecular weight is 739 g/mol. The second kappa shape index (κ2) is 17.7. The van der Waals surface area contributed by atoms with E-state index >= 15 is 0 Å². The van der Waals surface area contributed by atoms with Gasteiger partial charge in [-0.25, -0.2) is 0 Å². The van der Waals surface area contributed by atoms with Crippen molar-refractivity contribution in [1.82, 2.24) is 0 Å². The minimum absolute atomic E-state index is 0. The van der Waals surface area contributed by atoms with Gasteiger partial charge < -0.3 is 18.9 Å². The van der Waals surface area contributed by atoms with Gasteiger partial charge in [0.05, 0.1) is 30.3 Å². The average Bonchev–Trinajstić information content (AvgIpc) is 3.56.